The number of phenolic OH excluding ortho intramolecular Hbond substituents is 1. The van der Waals surface area contributed by atoms with E-state index in [1.165, 1.54) is 47.2 Å². The number of β-amino-alcohol motifs (C(OH)–C–C–N with tert-alkyl or cyclic N) is 2. The van der Waals surface area contributed by atoms with Gasteiger partial charge in [0.15, 0.2) is 34.6 Å². The number of hydrogen-bond donors (Lipinski definition) is 10. The first-order chi connectivity index (χ1) is 54.8. The van der Waals surface area contributed by atoms with Gasteiger partial charge < -0.3 is 91.3 Å². The number of aromatic hydroxyl groups is 1. The number of Topliss-reactive ketones (excluding diaryl/α,β-unsaturated/α-hetero) is 1. The molecule has 4 spiro atoms. The number of aliphatic hydroxyl groups is 6. The van der Waals surface area contributed by atoms with Gasteiger partial charge in [-0.2, -0.15) is 0 Å². The maximum atomic E-state index is 13.6. The summed E-state index contributed by atoms with van der Waals surface area (Å²) < 4.78 is 36.8. The predicted octanol–water partition coefficient (Wildman–Crippen LogP) is 1.36. The van der Waals surface area contributed by atoms with E-state index < -0.39 is 85.1 Å². The van der Waals surface area contributed by atoms with Gasteiger partial charge in [0.25, 0.3) is 11.8 Å². The number of ketones is 1. The zero-order valence-electron chi connectivity index (χ0n) is 70.2. The second kappa shape index (κ2) is 26.8. The van der Waals surface area contributed by atoms with Crippen LogP contribution in [0.1, 0.15) is 205 Å². The minimum absolute atomic E-state index is 0. The van der Waals surface area contributed by atoms with Crippen LogP contribution in [0.4, 0.5) is 0 Å². The molecule has 24 rings (SSSR count). The van der Waals surface area contributed by atoms with Crippen molar-refractivity contribution in [3.63, 3.8) is 0 Å². The van der Waals surface area contributed by atoms with E-state index in [2.05, 4.69) is 63.9 Å². The van der Waals surface area contributed by atoms with Crippen LogP contribution in [0.5, 0.6) is 28.7 Å². The summed E-state index contributed by atoms with van der Waals surface area (Å²) in [5, 5.41) is 90.9. The van der Waals surface area contributed by atoms with Crippen molar-refractivity contribution in [2.75, 3.05) is 60.4 Å². The molecule has 4 saturated heterocycles. The van der Waals surface area contributed by atoms with Crippen molar-refractivity contribution in [2.45, 2.75) is 322 Å². The summed E-state index contributed by atoms with van der Waals surface area (Å²) in [7, 11) is 5.93. The fourth-order valence-corrected chi connectivity index (χ4v) is 27.7. The Morgan fingerprint density at radius 2 is 0.778 bits per heavy atom. The fourth-order valence-electron chi connectivity index (χ4n) is 27.7. The van der Waals surface area contributed by atoms with E-state index in [0.29, 0.717) is 103 Å². The molecule has 19 atom stereocenters. The number of likely N-dealkylation sites (tertiary alicyclic amines) is 4. The third-order valence-electron chi connectivity index (χ3n) is 33.7. The SMILES string of the molecule is CC(=O)OC1(C(=O)N2CC[C@]34c5c6ccc(C)c5O[C@H]3C(=O)CC[C@@]4(O)[C@H]2C6)CC1.CN[C@H]1CC[C@@]2(O)C3Cc4ccc(C)c5c4[C@@]2(CCN3C(=O)C2(OC(C)=O)CC2)[C@H]1O5.CN[C@H]1CC[C@@]2(O)C3Cc4ccc(C)c5c4[C@@]2(CCN3CC2(O)CC2)[C@H]1O5.CN[C@H]1CC[C@@]2(O)C3Cc4ccc(O)c5c4[C@@]2(CCN3CC2(O)CC2)[C@H]1O5.[Al].[H-].[Li+]. The van der Waals surface area contributed by atoms with Crippen LogP contribution < -0.4 is 53.8 Å². The normalized spacial score (nSPS) is 39.4. The number of nitrogens with zero attached hydrogens (tertiary/aromatic N) is 4. The first kappa shape index (κ1) is 80.8. The number of benzene rings is 4. The molecule has 8 saturated carbocycles. The van der Waals surface area contributed by atoms with E-state index in [-0.39, 0.29) is 127 Å². The van der Waals surface area contributed by atoms with Gasteiger partial charge in [0.2, 0.25) is 0 Å². The van der Waals surface area contributed by atoms with E-state index in [1.807, 2.05) is 51.2 Å². The molecule has 8 heterocycles. The van der Waals surface area contributed by atoms with Gasteiger partial charge in [0, 0.05) is 142 Å². The van der Waals surface area contributed by atoms with Gasteiger partial charge in [-0.3, -0.25) is 33.8 Å². The average Bonchev–Trinajstić information content (AvgIpc) is 1.46. The number of aryl methyl sites for hydroxylation is 3. The van der Waals surface area contributed by atoms with Crippen LogP contribution in [0.2, 0.25) is 0 Å². The zero-order valence-corrected chi connectivity index (χ0v) is 70.3. The Labute approximate surface area is 707 Å². The molecule has 0 aromatic heterocycles. The number of rotatable bonds is 11. The summed E-state index contributed by atoms with van der Waals surface area (Å²) in [6.45, 7) is 12.9. The molecule has 3 unspecified atom stereocenters. The number of nitrogens with one attached hydrogen (secondary N) is 3. The Morgan fingerprint density at radius 3 is 1.16 bits per heavy atom. The number of carbonyl (C=O) groups excluding carboxylic acids is 5. The van der Waals surface area contributed by atoms with Crippen molar-refractivity contribution in [1.82, 2.24) is 35.6 Å². The summed E-state index contributed by atoms with van der Waals surface area (Å²) >= 11 is 0. The topological polar surface area (TPSA) is 331 Å². The van der Waals surface area contributed by atoms with Crippen molar-refractivity contribution in [3.8, 4) is 28.7 Å². The molecule has 4 aromatic carbocycles. The van der Waals surface area contributed by atoms with Crippen molar-refractivity contribution < 1.29 is 108 Å². The van der Waals surface area contributed by atoms with Gasteiger partial charge in [-0.15, -0.1) is 0 Å². The van der Waals surface area contributed by atoms with Gasteiger partial charge in [0.1, 0.15) is 35.6 Å². The van der Waals surface area contributed by atoms with Gasteiger partial charge in [0.05, 0.1) is 67.3 Å². The Hall–Kier alpha value is -5.88. The fraction of sp³-hybridized carbons (Fsp3) is 0.678. The Morgan fingerprint density at radius 1 is 0.444 bits per heavy atom. The third-order valence-corrected chi connectivity index (χ3v) is 33.7. The third kappa shape index (κ3) is 10.6. The van der Waals surface area contributed by atoms with Crippen LogP contribution in [-0.4, -0.2) is 274 Å². The second-order valence-electron chi connectivity index (χ2n) is 39.1. The van der Waals surface area contributed by atoms with E-state index in [4.69, 9.17) is 28.4 Å². The second-order valence-corrected chi connectivity index (χ2v) is 39.1. The van der Waals surface area contributed by atoms with E-state index in [9.17, 15) is 59.7 Å². The van der Waals surface area contributed by atoms with Crippen molar-refractivity contribution >= 4 is 46.9 Å². The first-order valence-corrected chi connectivity index (χ1v) is 43.1. The molecule has 10 N–H and O–H groups in total. The quantitative estimate of drug-likeness (QED) is 0.0749. The number of carbonyl (C=O) groups is 5. The largest absolute Gasteiger partial charge is 1.00 e. The summed E-state index contributed by atoms with van der Waals surface area (Å²) in [4.78, 5) is 71.5. The number of piperidine rings is 4. The molecule has 20 aliphatic rings. The summed E-state index contributed by atoms with van der Waals surface area (Å²) in [6, 6.07) is 16.3. The van der Waals surface area contributed by atoms with Gasteiger partial charge in [-0.05, 0) is 222 Å². The molecule has 8 aliphatic heterocycles. The molecule has 27 heteroatoms. The molecular weight excluding hydrogens is 1500 g/mol. The predicted molar refractivity (Wildman–Crippen MR) is 424 cm³/mol. The van der Waals surface area contributed by atoms with Crippen LogP contribution in [0.3, 0.4) is 0 Å². The number of ether oxygens (including phenoxy) is 6. The molecule has 3 radical (unpaired) electrons. The molecule has 12 fully saturated rings. The van der Waals surface area contributed by atoms with Crippen molar-refractivity contribution in [2.24, 2.45) is 0 Å². The number of likely N-dealkylation sites (N-methyl/N-ethyl adjacent to an activating group) is 3. The van der Waals surface area contributed by atoms with Crippen molar-refractivity contribution in [1.29, 1.82) is 0 Å². The van der Waals surface area contributed by atoms with E-state index >= 15 is 0 Å². The molecule has 2 amide bonds. The van der Waals surface area contributed by atoms with Crippen LogP contribution in [0.25, 0.3) is 0 Å². The number of hydrogen-bond acceptors (Lipinski definition) is 23. The molecule has 25 nitrogen and oxygen atoms in total. The van der Waals surface area contributed by atoms with Crippen LogP contribution in [0.15, 0.2) is 48.5 Å². The maximum Gasteiger partial charge on any atom is 1.00 e. The minimum atomic E-state index is -1.24. The number of phenols is 1. The molecule has 8 bridgehead atoms. The van der Waals surface area contributed by atoms with E-state index in [1.54, 1.807) is 11.0 Å². The molecular formula is C90H114AlLiN7O18. The first-order valence-electron chi connectivity index (χ1n) is 43.1. The van der Waals surface area contributed by atoms with Gasteiger partial charge >= 0.3 is 30.8 Å². The summed E-state index contributed by atoms with van der Waals surface area (Å²) in [6.07, 6.45) is 15.4. The summed E-state index contributed by atoms with van der Waals surface area (Å²) in [5.41, 5.74) is 3.22. The molecule has 4 aromatic rings. The number of esters is 2. The van der Waals surface area contributed by atoms with Crippen LogP contribution in [0, 0.1) is 20.8 Å². The smallest absolute Gasteiger partial charge is 1.00 e. The monoisotopic (exact) mass is 1610 g/mol. The standard InChI is InChI=1S/C24H30N2O5.C23H25NO6.C22H30N2O3.C21H28N2O4.Al.Li.H/c1-13-4-5-15-12-17-24(29)7-6-16(25-3)20-23(24,18(15)19(13)30-20)10-11-26(17)21(28)22(8-9-22)31-14(2)27;1-12-3-4-14-11-16-23(28)6-5-15(26)19-22(23,17(14)18(12)29-19)9-10-24(16)20(27)21(7-8-21)30-13(2)25;1-13-3-4-14-11-16-22(26)6-5-15(23-2)19-21(22,17(14)18(13)27-19)9-10-24(16)12-20(25)7-8-20;1-22-13-4-5-21(26)15-10-12-2-3-14(24)17-16(12)20(21,18(13)27-17)8-9-23(15)11-19(25)6-7-19;;;/h4-5,16-17,20,25,29H,6-12H2,1-3H3;3-4,16,19,28H,5-11H2,1-2H3;3-4,15-16,19,23,25-26H,5-12H2,1-2H3;2-3,13,15,18,22,24-26H,4-11H2,1H3;;;/q;;;;;+1;-1/t16-,17?,20-,23-,24+;16-,19+,22+,23-;15-,16?,19-,21-,22+;13-,15?,18-,20-,21+;;;/m0100.../s1. The van der Waals surface area contributed by atoms with Crippen LogP contribution >= 0.6 is 0 Å². The summed E-state index contributed by atoms with van der Waals surface area (Å²) in [5.74, 6) is 2.26. The van der Waals surface area contributed by atoms with Gasteiger partial charge in [-0.1, -0.05) is 42.5 Å². The zero-order chi connectivity index (χ0) is 80.0. The Bertz CT molecular complexity index is 4750. The minimum Gasteiger partial charge on any atom is -1.00 e. The average molecular weight is 1620 g/mol. The Balaban J connectivity index is 0.000000108. The van der Waals surface area contributed by atoms with E-state index in [0.717, 1.165) is 135 Å². The maximum absolute atomic E-state index is 13.6. The molecule has 12 aliphatic carbocycles. The molecule has 621 valence electrons. The van der Waals surface area contributed by atoms with Crippen LogP contribution in [-0.2, 0) is 80.8 Å². The van der Waals surface area contributed by atoms with Crippen molar-refractivity contribution in [3.05, 3.63) is 110 Å². The van der Waals surface area contributed by atoms with Gasteiger partial charge in [-0.25, -0.2) is 0 Å². The number of amides is 2. The Kier molecular flexibility index (Phi) is 18.5. The molecule has 117 heavy (non-hydrogen) atoms.